The van der Waals surface area contributed by atoms with E-state index in [1.165, 1.54) is 19.1 Å². The molecular weight excluding hydrogens is 623 g/mol. The molecule has 4 rings (SSSR count). The van der Waals surface area contributed by atoms with Gasteiger partial charge < -0.3 is 11.1 Å². The normalized spacial score (nSPS) is 12.2. The van der Waals surface area contributed by atoms with E-state index in [0.29, 0.717) is 17.4 Å². The van der Waals surface area contributed by atoms with Crippen LogP contribution < -0.4 is 11.1 Å². The molecule has 0 saturated heterocycles. The summed E-state index contributed by atoms with van der Waals surface area (Å²) in [7, 11) is 0. The predicted molar refractivity (Wildman–Crippen MR) is 131 cm³/mol. The second-order valence-corrected chi connectivity index (χ2v) is 9.97. The number of halogens is 8. The maximum Gasteiger partial charge on any atom is 0.436 e. The molecule has 2 amide bonds. The van der Waals surface area contributed by atoms with Gasteiger partial charge in [-0.2, -0.15) is 31.4 Å². The van der Waals surface area contributed by atoms with E-state index < -0.39 is 47.8 Å². The number of thiophene rings is 1. The first kappa shape index (κ1) is 28.5. The summed E-state index contributed by atoms with van der Waals surface area (Å²) in [5, 5.41) is 5.88. The van der Waals surface area contributed by atoms with Crippen molar-refractivity contribution in [2.24, 2.45) is 5.73 Å². The van der Waals surface area contributed by atoms with Crippen LogP contribution >= 0.6 is 27.3 Å². The number of fused-ring (bicyclic) bond motifs is 1. The van der Waals surface area contributed by atoms with Crippen LogP contribution in [0.3, 0.4) is 0 Å². The Labute approximate surface area is 226 Å². The zero-order valence-corrected chi connectivity index (χ0v) is 21.9. The van der Waals surface area contributed by atoms with E-state index in [4.69, 9.17) is 5.73 Å². The second kappa shape index (κ2) is 10.2. The summed E-state index contributed by atoms with van der Waals surface area (Å²) < 4.78 is 94.4. The third-order valence-corrected chi connectivity index (χ3v) is 7.60. The third kappa shape index (κ3) is 5.75. The second-order valence-electron chi connectivity index (χ2n) is 8.18. The average Bonchev–Trinajstić information content (AvgIpc) is 3.34. The Morgan fingerprint density at radius 2 is 1.74 bits per heavy atom. The van der Waals surface area contributed by atoms with Crippen LogP contribution in [0.4, 0.5) is 36.4 Å². The van der Waals surface area contributed by atoms with E-state index in [1.807, 2.05) is 0 Å². The smallest absolute Gasteiger partial charge is 0.365 e. The summed E-state index contributed by atoms with van der Waals surface area (Å²) >= 11 is 3.35. The maximum atomic E-state index is 13.6. The molecule has 0 aliphatic carbocycles. The number of pyridine rings is 1. The number of carbonyl (C=O) groups excluding carboxylic acids is 2. The highest BCUT2D eigenvalue weighted by molar-refractivity contribution is 9.10. The number of hydrogen-bond acceptors (Lipinski definition) is 5. The van der Waals surface area contributed by atoms with Gasteiger partial charge in [0.2, 0.25) is 5.91 Å². The van der Waals surface area contributed by atoms with Crippen molar-refractivity contribution in [3.63, 3.8) is 0 Å². The average molecular weight is 638 g/mol. The molecule has 0 atom stereocenters. The van der Waals surface area contributed by atoms with Crippen molar-refractivity contribution in [3.05, 3.63) is 62.6 Å². The number of hydrogen-bond donors (Lipinski definition) is 2. The first-order valence-electron chi connectivity index (χ1n) is 10.8. The Balaban J connectivity index is 1.76. The summed E-state index contributed by atoms with van der Waals surface area (Å²) in [5.41, 5.74) is 2.89. The summed E-state index contributed by atoms with van der Waals surface area (Å²) in [6.07, 6.45) is -10.0. The molecule has 4 aromatic rings. The number of aromatic nitrogens is 3. The molecule has 0 fully saturated rings. The highest BCUT2D eigenvalue weighted by Gasteiger charge is 2.38. The number of nitrogens with zero attached hydrogens (tertiary/aromatic N) is 3. The lowest BCUT2D eigenvalue weighted by Crippen LogP contribution is -2.19. The van der Waals surface area contributed by atoms with E-state index in [0.717, 1.165) is 16.8 Å². The number of anilines is 1. The summed E-state index contributed by atoms with van der Waals surface area (Å²) in [6.45, 7) is 1.07. The van der Waals surface area contributed by atoms with Gasteiger partial charge in [-0.15, -0.1) is 11.3 Å². The van der Waals surface area contributed by atoms with Crippen LogP contribution in [0.1, 0.15) is 33.2 Å². The molecule has 0 aliphatic rings. The predicted octanol–water partition coefficient (Wildman–Crippen LogP) is 6.54. The maximum absolute atomic E-state index is 13.6. The van der Waals surface area contributed by atoms with Crippen LogP contribution in [0, 0.1) is 12.7 Å². The van der Waals surface area contributed by atoms with Gasteiger partial charge in [-0.3, -0.25) is 14.3 Å². The fourth-order valence-electron chi connectivity index (χ4n) is 3.73. The summed E-state index contributed by atoms with van der Waals surface area (Å²) in [4.78, 5) is 28.0. The standard InChI is InChI=1S/C23H15BrF7N5O2S/c1-9-16(24)19(23(29,30)31)35-36(9)7-6-14(37)34-17-15-12(10-2-4-11(25)5-3-10)8-13(22(26,27)28)33-21(15)39-18(17)20(32)38/h2-5,8H,6-7H2,1H3,(H2,32,38)(H,34,37). The van der Waals surface area contributed by atoms with Gasteiger partial charge in [-0.05, 0) is 52.2 Å². The van der Waals surface area contributed by atoms with Gasteiger partial charge in [-0.25, -0.2) is 9.37 Å². The molecule has 0 bridgehead atoms. The first-order valence-corrected chi connectivity index (χ1v) is 12.4. The fourth-order valence-corrected chi connectivity index (χ4v) is 5.24. The molecule has 3 N–H and O–H groups in total. The van der Waals surface area contributed by atoms with Crippen molar-refractivity contribution < 1.29 is 40.3 Å². The molecule has 39 heavy (non-hydrogen) atoms. The Morgan fingerprint density at radius 3 is 2.28 bits per heavy atom. The van der Waals surface area contributed by atoms with E-state index in [1.54, 1.807) is 0 Å². The molecular formula is C23H15BrF7N5O2S. The number of aryl methyl sites for hydroxylation is 1. The molecule has 3 aromatic heterocycles. The van der Waals surface area contributed by atoms with E-state index in [2.05, 4.69) is 31.3 Å². The topological polar surface area (TPSA) is 103 Å². The van der Waals surface area contributed by atoms with Gasteiger partial charge in [0, 0.05) is 11.8 Å². The monoisotopic (exact) mass is 637 g/mol. The van der Waals surface area contributed by atoms with Gasteiger partial charge in [0.25, 0.3) is 5.91 Å². The number of benzene rings is 1. The molecule has 0 radical (unpaired) electrons. The summed E-state index contributed by atoms with van der Waals surface area (Å²) in [6, 6.07) is 5.18. The lowest BCUT2D eigenvalue weighted by Gasteiger charge is -2.13. The van der Waals surface area contributed by atoms with Gasteiger partial charge in [-0.1, -0.05) is 12.1 Å². The highest BCUT2D eigenvalue weighted by atomic mass is 79.9. The van der Waals surface area contributed by atoms with E-state index in [-0.39, 0.29) is 48.6 Å². The molecule has 0 saturated carbocycles. The number of carbonyl (C=O) groups is 2. The Bertz CT molecular complexity index is 1590. The number of rotatable bonds is 6. The zero-order chi connectivity index (χ0) is 28.9. The number of nitrogens with two attached hydrogens (primary N) is 1. The largest absolute Gasteiger partial charge is 0.436 e. The van der Waals surface area contributed by atoms with Gasteiger partial charge in [0.05, 0.1) is 22.4 Å². The zero-order valence-electron chi connectivity index (χ0n) is 19.5. The highest BCUT2D eigenvalue weighted by Crippen LogP contribution is 2.44. The lowest BCUT2D eigenvalue weighted by molar-refractivity contribution is -0.142. The minimum atomic E-state index is -4.87. The van der Waals surface area contributed by atoms with Crippen LogP contribution in [0.15, 0.2) is 34.8 Å². The molecule has 3 heterocycles. The van der Waals surface area contributed by atoms with Crippen molar-refractivity contribution >= 4 is 55.0 Å². The minimum Gasteiger partial charge on any atom is -0.365 e. The quantitative estimate of drug-likeness (QED) is 0.235. The number of primary amides is 1. The van der Waals surface area contributed by atoms with Crippen molar-refractivity contribution in [3.8, 4) is 11.1 Å². The van der Waals surface area contributed by atoms with E-state index >= 15 is 0 Å². The fraction of sp³-hybridized carbons (Fsp3) is 0.217. The molecule has 16 heteroatoms. The van der Waals surface area contributed by atoms with Crippen LogP contribution in [0.25, 0.3) is 21.3 Å². The van der Waals surface area contributed by atoms with Gasteiger partial charge >= 0.3 is 12.4 Å². The van der Waals surface area contributed by atoms with Gasteiger partial charge in [0.1, 0.15) is 21.2 Å². The number of alkyl halides is 6. The van der Waals surface area contributed by atoms with Crippen LogP contribution in [0.2, 0.25) is 0 Å². The summed E-state index contributed by atoms with van der Waals surface area (Å²) in [5.74, 6) is -2.50. The number of nitrogens with one attached hydrogen (secondary N) is 1. The molecule has 0 unspecified atom stereocenters. The number of amides is 2. The van der Waals surface area contributed by atoms with Crippen molar-refractivity contribution in [1.29, 1.82) is 0 Å². The SMILES string of the molecule is Cc1c(Br)c(C(F)(F)F)nn1CCC(=O)Nc1c(C(N)=O)sc2nc(C(F)(F)F)cc(-c3ccc(F)cc3)c12. The van der Waals surface area contributed by atoms with Crippen molar-refractivity contribution in [2.75, 3.05) is 5.32 Å². The molecule has 1 aromatic carbocycles. The van der Waals surface area contributed by atoms with Crippen LogP contribution in [-0.2, 0) is 23.7 Å². The lowest BCUT2D eigenvalue weighted by atomic mass is 10.0. The minimum absolute atomic E-state index is 0.0425. The van der Waals surface area contributed by atoms with E-state index in [9.17, 15) is 40.3 Å². The van der Waals surface area contributed by atoms with Crippen molar-refractivity contribution in [2.45, 2.75) is 32.2 Å². The van der Waals surface area contributed by atoms with Crippen molar-refractivity contribution in [1.82, 2.24) is 14.8 Å². The first-order chi connectivity index (χ1) is 18.1. The Morgan fingerprint density at radius 1 is 1.10 bits per heavy atom. The third-order valence-electron chi connectivity index (χ3n) is 5.55. The van der Waals surface area contributed by atoms with Crippen LogP contribution in [-0.4, -0.2) is 26.6 Å². The Hall–Kier alpha value is -3.53. The molecule has 7 nitrogen and oxygen atoms in total. The van der Waals surface area contributed by atoms with Crippen LogP contribution in [0.5, 0.6) is 0 Å². The molecule has 206 valence electrons. The molecule has 0 aliphatic heterocycles. The van der Waals surface area contributed by atoms with Gasteiger partial charge in [0.15, 0.2) is 5.69 Å². The Kier molecular flexibility index (Phi) is 7.46. The molecule has 0 spiro atoms.